The Kier molecular flexibility index (Phi) is 21.5. The maximum Gasteiger partial charge on any atom is 0.0494 e. The van der Waals surface area contributed by atoms with E-state index in [1.807, 2.05) is 0 Å². The monoisotopic (exact) mass is 1570 g/mol. The lowest BCUT2D eigenvalue weighted by molar-refractivity contribution is 1.20. The van der Waals surface area contributed by atoms with Gasteiger partial charge in [-0.25, -0.2) is 0 Å². The van der Waals surface area contributed by atoms with Gasteiger partial charge in [0.15, 0.2) is 0 Å². The number of anilines is 15. The van der Waals surface area contributed by atoms with Gasteiger partial charge < -0.3 is 29.4 Å². The molecule has 0 aliphatic carbocycles. The van der Waals surface area contributed by atoms with Crippen LogP contribution in [0.25, 0.3) is 98.0 Å². The van der Waals surface area contributed by atoms with E-state index >= 15 is 0 Å². The molecule has 0 aromatic heterocycles. The van der Waals surface area contributed by atoms with E-state index in [1.54, 1.807) is 0 Å². The zero-order valence-electron chi connectivity index (χ0n) is 68.7. The normalized spacial score (nSPS) is 11.1. The van der Waals surface area contributed by atoms with Crippen LogP contribution in [0.2, 0.25) is 0 Å². The van der Waals surface area contributed by atoms with E-state index < -0.39 is 0 Å². The number of para-hydroxylation sites is 3. The smallest absolute Gasteiger partial charge is 0.0494 e. The second kappa shape index (κ2) is 34.4. The van der Waals surface area contributed by atoms with Crippen LogP contribution in [0.5, 0.6) is 0 Å². The Hall–Kier alpha value is -15.8. The summed E-state index contributed by atoms with van der Waals surface area (Å²) >= 11 is 0. The molecule has 0 atom stereocenters. The minimum absolute atomic E-state index is 1.11. The summed E-state index contributed by atoms with van der Waals surface area (Å²) in [5.74, 6) is 0. The molecule has 0 N–H and O–H groups in total. The number of nitrogens with zero attached hydrogens (tertiary/aromatic N) is 6. The van der Waals surface area contributed by atoms with Gasteiger partial charge in [0.25, 0.3) is 0 Å². The van der Waals surface area contributed by atoms with Crippen molar-refractivity contribution in [1.82, 2.24) is 0 Å². The summed E-state index contributed by atoms with van der Waals surface area (Å²) in [5, 5.41) is 15.5. The molecule has 21 aromatic carbocycles. The Morgan fingerprint density at radius 2 is 0.418 bits per heavy atom. The van der Waals surface area contributed by atoms with E-state index in [4.69, 9.17) is 0 Å². The highest BCUT2D eigenvalue weighted by molar-refractivity contribution is 6.34. The van der Waals surface area contributed by atoms with Crippen LogP contribution in [-0.4, -0.2) is 21.1 Å². The Bertz CT molecular complexity index is 7110. The molecule has 6 nitrogen and oxygen atoms in total. The quantitative estimate of drug-likeness (QED) is 0.0625. The SMILES string of the molecule is CN(c1ccc(N(c2ccccc2)c2cccc(-c3ccccc3)c2)cc1)c1cc2ccccc2c2ccccc12.CN(c1ccc(N(c2ccccc2)c2cccc(-c3ccccc3)c2)cc1)c1ccc2c3cccc4cccc(c5cccc1c52)c43.Cc1ccc(N(C)c2ccc(N(c3ccccc3)c3cccc(-c4ccccc4)c3)cc2)cc1. The van der Waals surface area contributed by atoms with Gasteiger partial charge in [-0.15, -0.1) is 0 Å². The lowest BCUT2D eigenvalue weighted by atomic mass is 9.89. The lowest BCUT2D eigenvalue weighted by Crippen LogP contribution is -2.12. The molecule has 0 bridgehead atoms. The molecule has 21 aromatic rings. The molecule has 0 fully saturated rings. The number of hydrogen-bond donors (Lipinski definition) is 0. The molecule has 0 amide bonds. The van der Waals surface area contributed by atoms with Crippen molar-refractivity contribution in [1.29, 1.82) is 0 Å². The minimum atomic E-state index is 1.11. The minimum Gasteiger partial charge on any atom is -0.345 e. The van der Waals surface area contributed by atoms with Crippen LogP contribution in [-0.2, 0) is 0 Å². The van der Waals surface area contributed by atoms with E-state index in [2.05, 4.69) is 531 Å². The molecule has 0 radical (unpaired) electrons. The van der Waals surface area contributed by atoms with Crippen molar-refractivity contribution in [3.8, 4) is 33.4 Å². The van der Waals surface area contributed by atoms with Gasteiger partial charge in [0.05, 0.1) is 0 Å². The fourth-order valence-electron chi connectivity index (χ4n) is 17.3. The Morgan fingerprint density at radius 3 is 0.844 bits per heavy atom. The summed E-state index contributed by atoms with van der Waals surface area (Å²) in [7, 11) is 6.44. The second-order valence-electron chi connectivity index (χ2n) is 31.1. The Labute approximate surface area is 714 Å². The summed E-state index contributed by atoms with van der Waals surface area (Å²) in [6.07, 6.45) is 0. The molecule has 584 valence electrons. The number of benzene rings is 21. The van der Waals surface area contributed by atoms with Crippen LogP contribution in [0.1, 0.15) is 5.56 Å². The highest BCUT2D eigenvalue weighted by Gasteiger charge is 2.22. The van der Waals surface area contributed by atoms with E-state index in [0.29, 0.717) is 0 Å². The second-order valence-corrected chi connectivity index (χ2v) is 31.1. The molecule has 6 heteroatoms. The summed E-state index contributed by atoms with van der Waals surface area (Å²) < 4.78 is 0. The molecule has 0 heterocycles. The van der Waals surface area contributed by atoms with Crippen molar-refractivity contribution >= 4 is 150 Å². The molecule has 0 unspecified atom stereocenters. The molecule has 0 aliphatic rings. The van der Waals surface area contributed by atoms with Crippen LogP contribution >= 0.6 is 0 Å². The largest absolute Gasteiger partial charge is 0.345 e. The van der Waals surface area contributed by atoms with Crippen molar-refractivity contribution in [3.05, 3.63) is 479 Å². The van der Waals surface area contributed by atoms with Crippen molar-refractivity contribution in [2.75, 3.05) is 50.5 Å². The van der Waals surface area contributed by atoms with Crippen molar-refractivity contribution in [2.45, 2.75) is 6.92 Å². The molecule has 0 saturated carbocycles. The van der Waals surface area contributed by atoms with Crippen LogP contribution < -0.4 is 29.4 Å². The van der Waals surface area contributed by atoms with Gasteiger partial charge in [-0.05, 0) is 264 Å². The van der Waals surface area contributed by atoms with E-state index in [1.165, 1.54) is 121 Å². The third-order valence-corrected chi connectivity index (χ3v) is 23.6. The van der Waals surface area contributed by atoms with E-state index in [-0.39, 0.29) is 0 Å². The average Bonchev–Trinajstić information content (AvgIpc) is 0.716. The number of rotatable bonds is 18. The number of hydrogen-bond acceptors (Lipinski definition) is 6. The van der Waals surface area contributed by atoms with Crippen LogP contribution in [0, 0.1) is 6.92 Å². The van der Waals surface area contributed by atoms with Gasteiger partial charge in [-0.3, -0.25) is 0 Å². The van der Waals surface area contributed by atoms with Crippen LogP contribution in [0.3, 0.4) is 0 Å². The topological polar surface area (TPSA) is 19.4 Å². The van der Waals surface area contributed by atoms with Crippen molar-refractivity contribution in [3.63, 3.8) is 0 Å². The van der Waals surface area contributed by atoms with Crippen molar-refractivity contribution < 1.29 is 0 Å². The molecule has 122 heavy (non-hydrogen) atoms. The number of aryl methyl sites for hydroxylation is 1. The molecule has 0 spiro atoms. The van der Waals surface area contributed by atoms with Gasteiger partial charge >= 0.3 is 0 Å². The average molecular weight is 1570 g/mol. The zero-order valence-corrected chi connectivity index (χ0v) is 68.7. The highest BCUT2D eigenvalue weighted by Crippen LogP contribution is 2.47. The van der Waals surface area contributed by atoms with Gasteiger partial charge in [0.2, 0.25) is 0 Å². The summed E-state index contributed by atoms with van der Waals surface area (Å²) in [4.78, 5) is 13.8. The van der Waals surface area contributed by atoms with Crippen LogP contribution in [0.4, 0.5) is 85.3 Å². The number of fused-ring (bicyclic) bond motifs is 5. The first-order valence-corrected chi connectivity index (χ1v) is 41.8. The maximum atomic E-state index is 2.33. The van der Waals surface area contributed by atoms with Gasteiger partial charge in [-0.2, -0.15) is 0 Å². The lowest BCUT2D eigenvalue weighted by Gasteiger charge is -2.27. The van der Waals surface area contributed by atoms with E-state index in [0.717, 1.165) is 68.2 Å². The first-order chi connectivity index (χ1) is 60.2. The first kappa shape index (κ1) is 76.2. The maximum absolute atomic E-state index is 2.33. The predicted molar refractivity (Wildman–Crippen MR) is 524 cm³/mol. The molecular formula is C116H90N6. The molecule has 0 saturated heterocycles. The third-order valence-electron chi connectivity index (χ3n) is 23.6. The van der Waals surface area contributed by atoms with Gasteiger partial charge in [0.1, 0.15) is 0 Å². The summed E-state index contributed by atoms with van der Waals surface area (Å²) in [5.41, 5.74) is 25.6. The third kappa shape index (κ3) is 15.6. The van der Waals surface area contributed by atoms with Gasteiger partial charge in [-0.1, -0.05) is 309 Å². The predicted octanol–water partition coefficient (Wildman–Crippen LogP) is 32.4. The van der Waals surface area contributed by atoms with Gasteiger partial charge in [0, 0.05) is 117 Å². The molecule has 0 aliphatic heterocycles. The standard InChI is InChI=1S/C45H32N2.C39H30N2.C32H28N2/c1-46(43-29-28-41-39-21-10-15-32-14-9-20-38(44(32)39)40-22-11-23-42(43)45(40)41)34-24-26-36(27-25-34)47(35-17-6-3-7-18-35)37-19-8-16-33(30-37)31-12-4-2-5-13-31;1-40(39-28-31-15-8-9-20-36(31)37-21-10-11-22-38(37)39)32-23-25-34(26-24-32)41(33-17-6-3-7-18-33)35-19-12-16-30(27-35)29-13-4-2-5-14-29;1-25-16-18-28(19-17-25)33(2)29-20-22-31(23-21-29)34(30-13-7-4-8-14-30)32-15-9-12-27(24-32)26-10-5-3-6-11-26/h2-30H,1H3;2-28H,1H3;3-24H,1-2H3. The van der Waals surface area contributed by atoms with Crippen molar-refractivity contribution in [2.24, 2.45) is 0 Å². The Morgan fingerprint density at radius 1 is 0.148 bits per heavy atom. The fourth-order valence-corrected chi connectivity index (χ4v) is 17.3. The summed E-state index contributed by atoms with van der Waals surface area (Å²) in [6, 6.07) is 169. The molecular weight excluding hydrogens is 1480 g/mol. The highest BCUT2D eigenvalue weighted by atomic mass is 15.2. The van der Waals surface area contributed by atoms with E-state index in [9.17, 15) is 0 Å². The zero-order chi connectivity index (χ0) is 82.2. The van der Waals surface area contributed by atoms with Crippen LogP contribution in [0.15, 0.2) is 473 Å². The Balaban J connectivity index is 0.000000122. The first-order valence-electron chi connectivity index (χ1n) is 41.8. The fraction of sp³-hybridized carbons (Fsp3) is 0.0345. The summed E-state index contributed by atoms with van der Waals surface area (Å²) in [6.45, 7) is 2.11. The molecule has 21 rings (SSSR count).